The fourth-order valence-electron chi connectivity index (χ4n) is 1.44. The van der Waals surface area contributed by atoms with Crippen molar-refractivity contribution in [2.45, 2.75) is 26.2 Å². The predicted molar refractivity (Wildman–Crippen MR) is 63.0 cm³/mol. The smallest absolute Gasteiger partial charge is 0.338 e. The maximum atomic E-state index is 11.4. The molecule has 0 unspecified atom stereocenters. The van der Waals surface area contributed by atoms with Gasteiger partial charge in [0.05, 0.1) is 12.7 Å². The van der Waals surface area contributed by atoms with Gasteiger partial charge in [-0.25, -0.2) is 14.3 Å². The number of hydrogen-bond acceptors (Lipinski definition) is 4. The van der Waals surface area contributed by atoms with Crippen molar-refractivity contribution in [2.75, 3.05) is 7.11 Å². The van der Waals surface area contributed by atoms with Gasteiger partial charge in [0.25, 0.3) is 0 Å². The highest BCUT2D eigenvalue weighted by Crippen LogP contribution is 2.19. The molecule has 5 nitrogen and oxygen atoms in total. The third-order valence-electron chi connectivity index (χ3n) is 2.43. The molecular weight excluding hydrogens is 218 g/mol. The van der Waals surface area contributed by atoms with Crippen molar-refractivity contribution in [3.63, 3.8) is 0 Å². The van der Waals surface area contributed by atoms with Crippen LogP contribution in [0.3, 0.4) is 0 Å². The Hall–Kier alpha value is -1.91. The lowest BCUT2D eigenvalue weighted by Crippen LogP contribution is -2.13. The van der Waals surface area contributed by atoms with E-state index in [1.54, 1.807) is 22.8 Å². The molecule has 0 amide bonds. The van der Waals surface area contributed by atoms with Crippen molar-refractivity contribution in [3.8, 4) is 0 Å². The van der Waals surface area contributed by atoms with E-state index in [0.717, 1.165) is 5.82 Å². The second-order valence-electron chi connectivity index (χ2n) is 4.90. The molecule has 0 N–H and O–H groups in total. The van der Waals surface area contributed by atoms with E-state index >= 15 is 0 Å². The minimum atomic E-state index is -0.368. The van der Waals surface area contributed by atoms with Crippen LogP contribution in [0.5, 0.6) is 0 Å². The first-order chi connectivity index (χ1) is 7.91. The molecule has 0 saturated carbocycles. The van der Waals surface area contributed by atoms with Crippen LogP contribution in [0.4, 0.5) is 0 Å². The summed E-state index contributed by atoms with van der Waals surface area (Å²) >= 11 is 0. The predicted octanol–water partition coefficient (Wildman–Crippen LogP) is 1.81. The normalized spacial score (nSPS) is 11.8. The quantitative estimate of drug-likeness (QED) is 0.705. The molecular formula is C12H15N3O2. The molecule has 2 rings (SSSR count). The highest BCUT2D eigenvalue weighted by atomic mass is 16.5. The Morgan fingerprint density at radius 3 is 2.71 bits per heavy atom. The Morgan fingerprint density at radius 2 is 2.12 bits per heavy atom. The number of nitrogens with zero attached hydrogens (tertiary/aromatic N) is 3. The van der Waals surface area contributed by atoms with Gasteiger partial charge in [0.15, 0.2) is 11.5 Å². The van der Waals surface area contributed by atoms with Crippen LogP contribution < -0.4 is 0 Å². The van der Waals surface area contributed by atoms with Gasteiger partial charge in [0.2, 0.25) is 0 Å². The zero-order valence-electron chi connectivity index (χ0n) is 10.4. The number of ether oxygens (including phenoxy) is 1. The zero-order chi connectivity index (χ0) is 12.6. The molecule has 0 bridgehead atoms. The van der Waals surface area contributed by atoms with Crippen LogP contribution in [0, 0.1) is 0 Å². The average molecular weight is 233 g/mol. The molecule has 0 saturated heterocycles. The molecule has 0 aliphatic heterocycles. The largest absolute Gasteiger partial charge is 0.465 e. The van der Waals surface area contributed by atoms with Crippen LogP contribution >= 0.6 is 0 Å². The Kier molecular flexibility index (Phi) is 2.61. The van der Waals surface area contributed by atoms with Gasteiger partial charge in [-0.1, -0.05) is 20.8 Å². The van der Waals surface area contributed by atoms with Crippen molar-refractivity contribution in [1.82, 2.24) is 14.6 Å². The summed E-state index contributed by atoms with van der Waals surface area (Å²) in [5, 5.41) is 4.36. The lowest BCUT2D eigenvalue weighted by molar-refractivity contribution is 0.0600. The molecule has 2 heterocycles. The Balaban J connectivity index is 2.52. The number of methoxy groups -OCH3 is 1. The molecule has 90 valence electrons. The van der Waals surface area contributed by atoms with Gasteiger partial charge in [-0.3, -0.25) is 0 Å². The number of carbonyl (C=O) groups is 1. The molecule has 5 heteroatoms. The number of pyridine rings is 1. The maximum Gasteiger partial charge on any atom is 0.338 e. The molecule has 2 aromatic rings. The summed E-state index contributed by atoms with van der Waals surface area (Å²) in [5.41, 5.74) is 1.02. The van der Waals surface area contributed by atoms with Gasteiger partial charge >= 0.3 is 5.97 Å². The van der Waals surface area contributed by atoms with Crippen molar-refractivity contribution in [1.29, 1.82) is 0 Å². The monoisotopic (exact) mass is 233 g/mol. The summed E-state index contributed by atoms with van der Waals surface area (Å²) in [7, 11) is 1.36. The van der Waals surface area contributed by atoms with Crippen molar-refractivity contribution < 1.29 is 9.53 Å². The fraction of sp³-hybridized carbons (Fsp3) is 0.417. The molecule has 0 aliphatic rings. The molecule has 0 radical (unpaired) electrons. The van der Waals surface area contributed by atoms with Crippen LogP contribution in [0.15, 0.2) is 18.3 Å². The third kappa shape index (κ3) is 2.13. The highest BCUT2D eigenvalue weighted by Gasteiger charge is 2.20. The van der Waals surface area contributed by atoms with Crippen molar-refractivity contribution in [2.24, 2.45) is 0 Å². The van der Waals surface area contributed by atoms with E-state index in [2.05, 4.69) is 14.8 Å². The lowest BCUT2D eigenvalue weighted by Gasteiger charge is -2.11. The summed E-state index contributed by atoms with van der Waals surface area (Å²) in [4.78, 5) is 15.8. The van der Waals surface area contributed by atoms with E-state index in [9.17, 15) is 4.79 Å². The summed E-state index contributed by atoms with van der Waals surface area (Å²) in [6.07, 6.45) is 1.71. The highest BCUT2D eigenvalue weighted by molar-refractivity contribution is 5.90. The number of carbonyl (C=O) groups excluding carboxylic acids is 1. The van der Waals surface area contributed by atoms with Gasteiger partial charge in [-0.2, -0.15) is 5.10 Å². The van der Waals surface area contributed by atoms with Gasteiger partial charge < -0.3 is 4.74 Å². The van der Waals surface area contributed by atoms with Crippen molar-refractivity contribution in [3.05, 3.63) is 29.7 Å². The molecule has 0 fully saturated rings. The Morgan fingerprint density at radius 1 is 1.41 bits per heavy atom. The van der Waals surface area contributed by atoms with E-state index in [-0.39, 0.29) is 11.4 Å². The number of hydrogen-bond donors (Lipinski definition) is 0. The SMILES string of the molecule is COC(=O)c1ccn2nc(C(C)(C)C)nc2c1. The minimum Gasteiger partial charge on any atom is -0.465 e. The van der Waals surface area contributed by atoms with Crippen LogP contribution in [0.2, 0.25) is 0 Å². The van der Waals surface area contributed by atoms with Crippen LogP contribution in [-0.4, -0.2) is 27.7 Å². The fourth-order valence-corrected chi connectivity index (χ4v) is 1.44. The molecule has 2 aromatic heterocycles. The van der Waals surface area contributed by atoms with E-state index in [1.807, 2.05) is 20.8 Å². The number of aromatic nitrogens is 3. The van der Waals surface area contributed by atoms with E-state index in [1.165, 1.54) is 7.11 Å². The number of rotatable bonds is 1. The first-order valence-electron chi connectivity index (χ1n) is 5.37. The average Bonchev–Trinajstić information content (AvgIpc) is 2.70. The molecule has 0 aliphatic carbocycles. The molecule has 0 aromatic carbocycles. The van der Waals surface area contributed by atoms with Crippen LogP contribution in [0.1, 0.15) is 37.0 Å². The van der Waals surface area contributed by atoms with E-state index in [0.29, 0.717) is 11.2 Å². The van der Waals surface area contributed by atoms with Gasteiger partial charge in [-0.05, 0) is 12.1 Å². The first-order valence-corrected chi connectivity index (χ1v) is 5.37. The topological polar surface area (TPSA) is 56.5 Å². The number of esters is 1. The second kappa shape index (κ2) is 3.84. The third-order valence-corrected chi connectivity index (χ3v) is 2.43. The Bertz CT molecular complexity index is 567. The zero-order valence-corrected chi connectivity index (χ0v) is 10.4. The molecule has 0 spiro atoms. The van der Waals surface area contributed by atoms with Gasteiger partial charge in [-0.15, -0.1) is 0 Å². The summed E-state index contributed by atoms with van der Waals surface area (Å²) in [6.45, 7) is 6.13. The maximum absolute atomic E-state index is 11.4. The molecule has 0 atom stereocenters. The first kappa shape index (κ1) is 11.6. The summed E-state index contributed by atoms with van der Waals surface area (Å²) in [6, 6.07) is 3.34. The second-order valence-corrected chi connectivity index (χ2v) is 4.90. The van der Waals surface area contributed by atoms with E-state index in [4.69, 9.17) is 0 Å². The standard InChI is InChI=1S/C12H15N3O2/c1-12(2,3)11-13-9-7-8(10(16)17-4)5-6-15(9)14-11/h5-7H,1-4H3. The number of fused-ring (bicyclic) bond motifs is 1. The summed E-state index contributed by atoms with van der Waals surface area (Å²) < 4.78 is 6.32. The summed E-state index contributed by atoms with van der Waals surface area (Å²) in [5.74, 6) is 0.382. The van der Waals surface area contributed by atoms with Gasteiger partial charge in [0, 0.05) is 11.6 Å². The molecule has 17 heavy (non-hydrogen) atoms. The van der Waals surface area contributed by atoms with Gasteiger partial charge in [0.1, 0.15) is 0 Å². The van der Waals surface area contributed by atoms with E-state index < -0.39 is 0 Å². The Labute approximate surface area is 99.4 Å². The van der Waals surface area contributed by atoms with Crippen molar-refractivity contribution >= 4 is 11.6 Å². The minimum absolute atomic E-state index is 0.114. The lowest BCUT2D eigenvalue weighted by atomic mass is 9.96. The van der Waals surface area contributed by atoms with Crippen LogP contribution in [0.25, 0.3) is 5.65 Å². The van der Waals surface area contributed by atoms with Crippen LogP contribution in [-0.2, 0) is 10.2 Å².